The zero-order chi connectivity index (χ0) is 13.2. The summed E-state index contributed by atoms with van der Waals surface area (Å²) in [6, 6.07) is 5.26. The van der Waals surface area contributed by atoms with Crippen molar-refractivity contribution in [3.05, 3.63) is 33.3 Å². The van der Waals surface area contributed by atoms with Gasteiger partial charge in [0.25, 0.3) is 5.91 Å². The Hall–Kier alpha value is -0.250. The number of alkyl halides is 1. The number of halogens is 3. The van der Waals surface area contributed by atoms with Crippen LogP contribution in [0.25, 0.3) is 0 Å². The van der Waals surface area contributed by atoms with Crippen LogP contribution < -0.4 is 5.32 Å². The molecule has 0 unspecified atom stereocenters. The van der Waals surface area contributed by atoms with Crippen molar-refractivity contribution in [3.63, 3.8) is 0 Å². The number of hydrogen-bond acceptors (Lipinski definition) is 1. The van der Waals surface area contributed by atoms with Gasteiger partial charge in [0.1, 0.15) is 0 Å². The van der Waals surface area contributed by atoms with Crippen molar-refractivity contribution < 1.29 is 4.79 Å². The first kappa shape index (κ1) is 14.2. The van der Waals surface area contributed by atoms with Crippen molar-refractivity contribution in [3.8, 4) is 0 Å². The molecule has 1 saturated carbocycles. The average Bonchev–Trinajstić information content (AvgIpc) is 3.10. The monoisotopic (exact) mass is 349 g/mol. The predicted molar refractivity (Wildman–Crippen MR) is 78.5 cm³/mol. The first-order valence-electron chi connectivity index (χ1n) is 5.86. The molecule has 1 fully saturated rings. The van der Waals surface area contributed by atoms with E-state index in [2.05, 4.69) is 21.2 Å². The maximum absolute atomic E-state index is 12.0. The molecule has 2 rings (SSSR count). The highest BCUT2D eigenvalue weighted by Gasteiger charge is 2.41. The van der Waals surface area contributed by atoms with Crippen molar-refractivity contribution in [2.45, 2.75) is 19.3 Å². The molecule has 1 aromatic rings. The molecule has 98 valence electrons. The molecule has 2 nitrogen and oxygen atoms in total. The van der Waals surface area contributed by atoms with Crippen molar-refractivity contribution in [2.24, 2.45) is 5.41 Å². The summed E-state index contributed by atoms with van der Waals surface area (Å²) in [5, 5.41) is 3.42. The smallest absolute Gasteiger partial charge is 0.252 e. The second kappa shape index (κ2) is 5.81. The molecule has 0 radical (unpaired) electrons. The molecule has 1 N–H and O–H groups in total. The van der Waals surface area contributed by atoms with E-state index in [-0.39, 0.29) is 11.3 Å². The van der Waals surface area contributed by atoms with Crippen LogP contribution in [0.1, 0.15) is 29.6 Å². The van der Waals surface area contributed by atoms with Gasteiger partial charge >= 0.3 is 0 Å². The quantitative estimate of drug-likeness (QED) is 0.790. The minimum absolute atomic E-state index is 0.123. The van der Waals surface area contributed by atoms with Gasteiger partial charge in [0.15, 0.2) is 0 Å². The van der Waals surface area contributed by atoms with Gasteiger partial charge in [0.2, 0.25) is 0 Å². The van der Waals surface area contributed by atoms with Gasteiger partial charge in [-0.05, 0) is 42.9 Å². The summed E-state index contributed by atoms with van der Waals surface area (Å²) in [6.45, 7) is 0.682. The van der Waals surface area contributed by atoms with E-state index in [4.69, 9.17) is 23.2 Å². The third-order valence-electron chi connectivity index (χ3n) is 3.38. The second-order valence-electron chi connectivity index (χ2n) is 4.75. The lowest BCUT2D eigenvalue weighted by Crippen LogP contribution is -2.30. The molecule has 0 aromatic heterocycles. The van der Waals surface area contributed by atoms with Gasteiger partial charge in [-0.25, -0.2) is 0 Å². The molecule has 18 heavy (non-hydrogen) atoms. The Labute approximate surface area is 125 Å². The van der Waals surface area contributed by atoms with E-state index in [1.807, 2.05) is 6.07 Å². The number of benzene rings is 1. The van der Waals surface area contributed by atoms with Crippen LogP contribution in [-0.2, 0) is 0 Å². The summed E-state index contributed by atoms with van der Waals surface area (Å²) in [5.41, 5.74) is 0.739. The number of carbonyl (C=O) groups excluding carboxylic acids is 1. The normalized spacial score (nSPS) is 16.4. The van der Waals surface area contributed by atoms with Crippen LogP contribution in [0.15, 0.2) is 22.7 Å². The highest BCUT2D eigenvalue weighted by atomic mass is 79.9. The maximum atomic E-state index is 12.0. The van der Waals surface area contributed by atoms with E-state index in [0.29, 0.717) is 23.0 Å². The largest absolute Gasteiger partial charge is 0.351 e. The average molecular weight is 351 g/mol. The van der Waals surface area contributed by atoms with Crippen LogP contribution in [0.5, 0.6) is 0 Å². The van der Waals surface area contributed by atoms with E-state index in [9.17, 15) is 4.79 Å². The van der Waals surface area contributed by atoms with Crippen LogP contribution in [0.4, 0.5) is 0 Å². The number of rotatable bonds is 5. The Balaban J connectivity index is 1.98. The van der Waals surface area contributed by atoms with Gasteiger partial charge in [0, 0.05) is 16.9 Å². The number of nitrogens with one attached hydrogen (secondary N) is 1. The highest BCUT2D eigenvalue weighted by molar-refractivity contribution is 9.10. The van der Waals surface area contributed by atoms with Gasteiger partial charge in [-0.1, -0.05) is 27.5 Å². The van der Waals surface area contributed by atoms with Gasteiger partial charge < -0.3 is 5.32 Å². The lowest BCUT2D eigenvalue weighted by Gasteiger charge is -2.14. The number of amides is 1. The fourth-order valence-electron chi connectivity index (χ4n) is 1.93. The second-order valence-corrected chi connectivity index (χ2v) is 6.45. The molecule has 1 aliphatic carbocycles. The topological polar surface area (TPSA) is 29.1 Å². The summed E-state index contributed by atoms with van der Waals surface area (Å²) in [4.78, 5) is 12.0. The maximum Gasteiger partial charge on any atom is 0.252 e. The van der Waals surface area contributed by atoms with Crippen molar-refractivity contribution in [1.82, 2.24) is 5.32 Å². The summed E-state index contributed by atoms with van der Waals surface area (Å²) in [5.74, 6) is 0.523. The van der Waals surface area contributed by atoms with Crippen LogP contribution >= 0.6 is 39.1 Å². The number of hydrogen-bond donors (Lipinski definition) is 1. The third-order valence-corrected chi connectivity index (χ3v) is 4.39. The van der Waals surface area contributed by atoms with Crippen molar-refractivity contribution in [2.75, 3.05) is 12.4 Å². The van der Waals surface area contributed by atoms with Gasteiger partial charge in [-0.3, -0.25) is 4.79 Å². The Morgan fingerprint density at radius 2 is 2.17 bits per heavy atom. The SMILES string of the molecule is O=C(NCC1(CCCl)CC1)c1cc(Br)ccc1Cl. The van der Waals surface area contributed by atoms with Gasteiger partial charge in [0.05, 0.1) is 10.6 Å². The van der Waals surface area contributed by atoms with Crippen LogP contribution in [0.2, 0.25) is 5.02 Å². The van der Waals surface area contributed by atoms with Gasteiger partial charge in [-0.15, -0.1) is 11.6 Å². The fourth-order valence-corrected chi connectivity index (χ4v) is 2.89. The molecule has 0 heterocycles. The predicted octanol–water partition coefficient (Wildman–Crippen LogP) is 4.24. The van der Waals surface area contributed by atoms with Crippen LogP contribution in [0, 0.1) is 5.41 Å². The molecule has 0 saturated heterocycles. The minimum Gasteiger partial charge on any atom is -0.351 e. The van der Waals surface area contributed by atoms with E-state index in [1.165, 1.54) is 0 Å². The summed E-state index contributed by atoms with van der Waals surface area (Å²) >= 11 is 15.1. The molecule has 1 amide bonds. The Bertz CT molecular complexity index is 460. The Morgan fingerprint density at radius 3 is 2.78 bits per heavy atom. The zero-order valence-corrected chi connectivity index (χ0v) is 12.9. The molecule has 0 spiro atoms. The van der Waals surface area contributed by atoms with Crippen molar-refractivity contribution >= 4 is 45.0 Å². The summed E-state index contributed by atoms with van der Waals surface area (Å²) < 4.78 is 0.846. The van der Waals surface area contributed by atoms with Crippen LogP contribution in [-0.4, -0.2) is 18.3 Å². The summed E-state index contributed by atoms with van der Waals surface area (Å²) in [7, 11) is 0. The molecule has 0 aliphatic heterocycles. The van der Waals surface area contributed by atoms with Crippen molar-refractivity contribution in [1.29, 1.82) is 0 Å². The standard InChI is InChI=1S/C13H14BrCl2NO/c14-9-1-2-11(16)10(7-9)12(18)17-8-13(3-4-13)5-6-15/h1-2,7H,3-6,8H2,(H,17,18). The first-order chi connectivity index (χ1) is 8.56. The van der Waals surface area contributed by atoms with E-state index >= 15 is 0 Å². The fraction of sp³-hybridized carbons (Fsp3) is 0.462. The van der Waals surface area contributed by atoms with Gasteiger partial charge in [-0.2, -0.15) is 0 Å². The van der Waals surface area contributed by atoms with E-state index in [1.54, 1.807) is 12.1 Å². The molecule has 1 aromatic carbocycles. The molecule has 0 bridgehead atoms. The van der Waals surface area contributed by atoms with E-state index in [0.717, 1.165) is 23.7 Å². The van der Waals surface area contributed by atoms with Crippen LogP contribution in [0.3, 0.4) is 0 Å². The molecule has 1 aliphatic rings. The highest BCUT2D eigenvalue weighted by Crippen LogP contribution is 2.48. The summed E-state index contributed by atoms with van der Waals surface area (Å²) in [6.07, 6.45) is 3.25. The first-order valence-corrected chi connectivity index (χ1v) is 7.56. The molecule has 5 heteroatoms. The molecule has 0 atom stereocenters. The van der Waals surface area contributed by atoms with E-state index < -0.39 is 0 Å². The third kappa shape index (κ3) is 3.40. The lowest BCUT2D eigenvalue weighted by atomic mass is 10.0. The molecular weight excluding hydrogens is 337 g/mol. The Morgan fingerprint density at radius 1 is 1.44 bits per heavy atom. The number of carbonyl (C=O) groups is 1. The Kier molecular flexibility index (Phi) is 4.57. The molecular formula is C13H14BrCl2NO. The zero-order valence-electron chi connectivity index (χ0n) is 9.81. The lowest BCUT2D eigenvalue weighted by molar-refractivity contribution is 0.0944. The minimum atomic E-state index is -0.123.